The third-order valence-corrected chi connectivity index (χ3v) is 11.6. The number of aliphatic hydroxyl groups is 1. The van der Waals surface area contributed by atoms with Crippen LogP contribution in [0.15, 0.2) is 0 Å². The van der Waals surface area contributed by atoms with Gasteiger partial charge in [-0.3, -0.25) is 9.36 Å². The Hall–Kier alpha value is -0.500. The molecule has 8 nitrogen and oxygen atoms in total. The number of likely N-dealkylation sites (N-methyl/N-ethyl adjacent to an activating group) is 1. The van der Waals surface area contributed by atoms with Crippen molar-refractivity contribution >= 4 is 13.7 Å². The van der Waals surface area contributed by atoms with Crippen molar-refractivity contribution in [3.8, 4) is 0 Å². The molecule has 0 aromatic rings. The van der Waals surface area contributed by atoms with E-state index in [9.17, 15) is 19.4 Å². The van der Waals surface area contributed by atoms with E-state index < -0.39 is 20.0 Å². The predicted octanol–water partition coefficient (Wildman–Crippen LogP) is 12.0. The van der Waals surface area contributed by atoms with Gasteiger partial charge in [0.15, 0.2) is 0 Å². The van der Waals surface area contributed by atoms with Gasteiger partial charge in [-0.2, -0.15) is 0 Å². The van der Waals surface area contributed by atoms with E-state index in [4.69, 9.17) is 9.05 Å². The largest absolute Gasteiger partial charge is 0.756 e. The lowest BCUT2D eigenvalue weighted by atomic mass is 10.0. The second-order valence-electron chi connectivity index (χ2n) is 17.1. The fourth-order valence-corrected chi connectivity index (χ4v) is 7.65. The second kappa shape index (κ2) is 37.1. The number of phosphoric ester groups is 1. The molecule has 0 aromatic heterocycles. The molecule has 0 radical (unpaired) electrons. The molecular formula is C44H91N2O6P. The molecular weight excluding hydrogens is 683 g/mol. The van der Waals surface area contributed by atoms with Crippen LogP contribution in [0.2, 0.25) is 0 Å². The number of quaternary nitrogens is 1. The smallest absolute Gasteiger partial charge is 0.268 e. The lowest BCUT2D eigenvalue weighted by Gasteiger charge is -2.30. The predicted molar refractivity (Wildman–Crippen MR) is 224 cm³/mol. The fraction of sp³-hybridized carbons (Fsp3) is 0.977. The van der Waals surface area contributed by atoms with E-state index in [1.807, 2.05) is 21.1 Å². The highest BCUT2D eigenvalue weighted by Crippen LogP contribution is 2.38. The van der Waals surface area contributed by atoms with Crippen molar-refractivity contribution in [2.75, 3.05) is 40.9 Å². The first kappa shape index (κ1) is 52.5. The van der Waals surface area contributed by atoms with Gasteiger partial charge in [0, 0.05) is 6.42 Å². The summed E-state index contributed by atoms with van der Waals surface area (Å²) < 4.78 is 23.1. The maximum Gasteiger partial charge on any atom is 0.268 e. The molecule has 53 heavy (non-hydrogen) atoms. The first-order valence-corrected chi connectivity index (χ1v) is 24.3. The Morgan fingerprint density at radius 1 is 0.585 bits per heavy atom. The van der Waals surface area contributed by atoms with Crippen molar-refractivity contribution in [1.29, 1.82) is 0 Å². The molecule has 0 fully saturated rings. The maximum atomic E-state index is 12.7. The zero-order valence-corrected chi connectivity index (χ0v) is 36.9. The third kappa shape index (κ3) is 39.5. The number of nitrogens with zero attached hydrogens (tertiary/aromatic N) is 1. The summed E-state index contributed by atoms with van der Waals surface area (Å²) in [5, 5.41) is 13.8. The quantitative estimate of drug-likeness (QED) is 0.0363. The van der Waals surface area contributed by atoms with Gasteiger partial charge in [0.05, 0.1) is 39.9 Å². The first-order valence-electron chi connectivity index (χ1n) is 22.9. The summed E-state index contributed by atoms with van der Waals surface area (Å²) >= 11 is 0. The molecule has 0 aliphatic heterocycles. The normalized spacial score (nSPS) is 14.3. The van der Waals surface area contributed by atoms with Crippen LogP contribution >= 0.6 is 7.82 Å². The van der Waals surface area contributed by atoms with Gasteiger partial charge in [0.2, 0.25) is 5.91 Å². The van der Waals surface area contributed by atoms with Crippen LogP contribution in [0.3, 0.4) is 0 Å². The fourth-order valence-electron chi connectivity index (χ4n) is 6.92. The van der Waals surface area contributed by atoms with Gasteiger partial charge >= 0.3 is 0 Å². The van der Waals surface area contributed by atoms with Crippen LogP contribution in [0.5, 0.6) is 0 Å². The van der Waals surface area contributed by atoms with Crippen LogP contribution in [0.25, 0.3) is 0 Å². The van der Waals surface area contributed by atoms with Crippen LogP contribution < -0.4 is 10.2 Å². The molecule has 0 heterocycles. The first-order chi connectivity index (χ1) is 25.5. The van der Waals surface area contributed by atoms with E-state index in [0.29, 0.717) is 23.9 Å². The molecule has 0 saturated heterocycles. The van der Waals surface area contributed by atoms with E-state index >= 15 is 0 Å². The van der Waals surface area contributed by atoms with Gasteiger partial charge in [-0.15, -0.1) is 0 Å². The zero-order chi connectivity index (χ0) is 39.3. The maximum absolute atomic E-state index is 12.7. The minimum atomic E-state index is -4.55. The van der Waals surface area contributed by atoms with E-state index in [-0.39, 0.29) is 19.1 Å². The molecule has 0 aliphatic rings. The standard InChI is InChI=1S/C44H91N2O6P/c1-6-8-10-12-14-15-16-17-18-19-20-21-22-23-24-25-26-27-28-29-30-31-32-33-35-37-43(47)42(45-44(48)38-36-34-13-11-9-7-2)41-52-53(49,50)51-40-39-46(3,4)5/h42-43,47H,6-41H2,1-5H3,(H-,45,48,49,50). The minimum Gasteiger partial charge on any atom is -0.756 e. The van der Waals surface area contributed by atoms with Crippen LogP contribution in [-0.4, -0.2) is 68.5 Å². The lowest BCUT2D eigenvalue weighted by Crippen LogP contribution is -2.46. The topological polar surface area (TPSA) is 108 Å². The SMILES string of the molecule is CCCCCCCCCCCCCCCCCCCCCCCCCCCC(O)C(COP(=O)([O-])OCC[N+](C)(C)C)NC(=O)CCCCCCCC. The monoisotopic (exact) mass is 775 g/mol. The van der Waals surface area contributed by atoms with Gasteiger partial charge in [-0.1, -0.05) is 206 Å². The summed E-state index contributed by atoms with van der Waals surface area (Å²) in [4.78, 5) is 25.1. The van der Waals surface area contributed by atoms with Gasteiger partial charge in [0.1, 0.15) is 13.2 Å². The number of carbonyl (C=O) groups excluding carboxylic acids is 1. The summed E-state index contributed by atoms with van der Waals surface area (Å²) in [5.41, 5.74) is 0. The zero-order valence-electron chi connectivity index (χ0n) is 36.0. The van der Waals surface area contributed by atoms with Gasteiger partial charge in [-0.25, -0.2) is 0 Å². The molecule has 0 aromatic carbocycles. The van der Waals surface area contributed by atoms with Crippen LogP contribution in [0.1, 0.15) is 226 Å². The number of phosphoric acid groups is 1. The summed E-state index contributed by atoms with van der Waals surface area (Å²) in [6.45, 7) is 4.67. The van der Waals surface area contributed by atoms with Crippen LogP contribution in [0.4, 0.5) is 0 Å². The number of amides is 1. The number of carbonyl (C=O) groups is 1. The Morgan fingerprint density at radius 3 is 1.28 bits per heavy atom. The van der Waals surface area contributed by atoms with Gasteiger partial charge in [0.25, 0.3) is 7.82 Å². The Kier molecular flexibility index (Phi) is 36.7. The summed E-state index contributed by atoms with van der Waals surface area (Å²) in [6.07, 6.45) is 40.1. The number of unbranched alkanes of at least 4 members (excludes halogenated alkanes) is 29. The van der Waals surface area contributed by atoms with E-state index in [1.165, 1.54) is 161 Å². The Morgan fingerprint density at radius 2 is 0.925 bits per heavy atom. The molecule has 0 saturated carbocycles. The van der Waals surface area contributed by atoms with Crippen molar-refractivity contribution in [2.24, 2.45) is 0 Å². The molecule has 1 amide bonds. The number of nitrogens with one attached hydrogen (secondary N) is 1. The molecule has 0 spiro atoms. The number of hydrogen-bond acceptors (Lipinski definition) is 6. The Bertz CT molecular complexity index is 839. The average Bonchev–Trinajstić information content (AvgIpc) is 3.10. The van der Waals surface area contributed by atoms with E-state index in [0.717, 1.165) is 38.5 Å². The average molecular weight is 775 g/mol. The van der Waals surface area contributed by atoms with E-state index in [1.54, 1.807) is 0 Å². The van der Waals surface area contributed by atoms with Gasteiger partial charge < -0.3 is 28.8 Å². The third-order valence-electron chi connectivity index (χ3n) is 10.6. The summed E-state index contributed by atoms with van der Waals surface area (Å²) in [5.74, 6) is -0.172. The Balaban J connectivity index is 4.00. The molecule has 2 N–H and O–H groups in total. The van der Waals surface area contributed by atoms with Crippen molar-refractivity contribution in [1.82, 2.24) is 5.32 Å². The van der Waals surface area contributed by atoms with Crippen molar-refractivity contribution < 1.29 is 32.9 Å². The number of hydrogen-bond donors (Lipinski definition) is 2. The van der Waals surface area contributed by atoms with Crippen LogP contribution in [0, 0.1) is 0 Å². The van der Waals surface area contributed by atoms with Crippen molar-refractivity contribution in [2.45, 2.75) is 238 Å². The number of rotatable bonds is 42. The number of aliphatic hydroxyl groups excluding tert-OH is 1. The highest BCUT2D eigenvalue weighted by atomic mass is 31.2. The lowest BCUT2D eigenvalue weighted by molar-refractivity contribution is -0.870. The molecule has 0 bridgehead atoms. The van der Waals surface area contributed by atoms with Gasteiger partial charge in [-0.05, 0) is 12.8 Å². The van der Waals surface area contributed by atoms with Crippen LogP contribution in [-0.2, 0) is 18.4 Å². The second-order valence-corrected chi connectivity index (χ2v) is 18.5. The summed E-state index contributed by atoms with van der Waals surface area (Å²) in [7, 11) is 1.31. The molecule has 0 aliphatic carbocycles. The highest BCUT2D eigenvalue weighted by Gasteiger charge is 2.24. The summed E-state index contributed by atoms with van der Waals surface area (Å²) in [6, 6.07) is -0.791. The highest BCUT2D eigenvalue weighted by molar-refractivity contribution is 7.45. The molecule has 3 atom stereocenters. The molecule has 3 unspecified atom stereocenters. The molecule has 318 valence electrons. The molecule has 0 rings (SSSR count). The molecule has 9 heteroatoms. The van der Waals surface area contributed by atoms with E-state index in [2.05, 4.69) is 19.2 Å². The minimum absolute atomic E-state index is 0.0153. The Labute approximate surface area is 329 Å². The van der Waals surface area contributed by atoms with Crippen molar-refractivity contribution in [3.05, 3.63) is 0 Å². The van der Waals surface area contributed by atoms with Crippen molar-refractivity contribution in [3.63, 3.8) is 0 Å².